The highest BCUT2D eigenvalue weighted by molar-refractivity contribution is 4.99. The van der Waals surface area contributed by atoms with E-state index < -0.39 is 211 Å². The van der Waals surface area contributed by atoms with Crippen molar-refractivity contribution in [3.63, 3.8) is 0 Å². The third kappa shape index (κ3) is 14.3. The Morgan fingerprint density at radius 3 is 1.19 bits per heavy atom. The quantitative estimate of drug-likeness (QED) is 0.0966. The smallest absolute Gasteiger partial charge is 0.224 e. The molecule has 0 amide bonds. The molecule has 0 radical (unpaired) electrons. The lowest BCUT2D eigenvalue weighted by atomic mass is 9.96. The van der Waals surface area contributed by atoms with Crippen molar-refractivity contribution in [3.05, 3.63) is 0 Å². The Balaban J connectivity index is 0.000000254. The zero-order chi connectivity index (χ0) is 52.6. The van der Waals surface area contributed by atoms with Gasteiger partial charge in [-0.3, -0.25) is 0 Å². The van der Waals surface area contributed by atoms with Gasteiger partial charge in [0.25, 0.3) is 0 Å². The lowest BCUT2D eigenvalue weighted by Gasteiger charge is -2.44. The molecule has 33 nitrogen and oxygen atoms in total. The van der Waals surface area contributed by atoms with Gasteiger partial charge in [0.05, 0.1) is 39.1 Å². The minimum Gasteiger partial charge on any atom is -0.394 e. The Kier molecular flexibility index (Phi) is 24.5. The summed E-state index contributed by atoms with van der Waals surface area (Å²) >= 11 is 0. The largest absolute Gasteiger partial charge is 0.394 e. The van der Waals surface area contributed by atoms with Crippen LogP contribution in [0, 0.1) is 0 Å². The zero-order valence-electron chi connectivity index (χ0n) is 36.4. The third-order valence-electron chi connectivity index (χ3n) is 11.7. The van der Waals surface area contributed by atoms with Crippen molar-refractivity contribution < 1.29 is 166 Å². The summed E-state index contributed by atoms with van der Waals surface area (Å²) < 4.78 is 39.8. The molecule has 69 heavy (non-hydrogen) atoms. The van der Waals surface area contributed by atoms with Gasteiger partial charge < -0.3 is 166 Å². The highest BCUT2D eigenvalue weighted by Gasteiger charge is 2.58. The zero-order valence-corrected chi connectivity index (χ0v) is 36.4. The summed E-state index contributed by atoms with van der Waals surface area (Å²) in [5.41, 5.74) is 0. The normalized spacial score (nSPS) is 51.2. The van der Waals surface area contributed by atoms with E-state index in [1.165, 1.54) is 0 Å². The van der Waals surface area contributed by atoms with Crippen molar-refractivity contribution >= 4 is 0 Å². The van der Waals surface area contributed by atoms with Crippen molar-refractivity contribution in [2.75, 3.05) is 39.6 Å². The first kappa shape index (κ1) is 62.0. The Morgan fingerprint density at radius 1 is 0.348 bits per heavy atom. The molecule has 6 aliphatic rings. The van der Waals surface area contributed by atoms with Crippen LogP contribution in [-0.4, -0.2) is 345 Å². The molecule has 0 aromatic carbocycles. The van der Waals surface area contributed by atoms with Crippen LogP contribution in [0.25, 0.3) is 0 Å². The van der Waals surface area contributed by atoms with Crippen molar-refractivity contribution in [2.24, 2.45) is 0 Å². The molecule has 0 aliphatic carbocycles. The fraction of sp³-hybridized carbons (Fsp3) is 1.00. The van der Waals surface area contributed by atoms with E-state index in [0.29, 0.717) is 0 Å². The molecular weight excluding hydrogens is 960 g/mol. The maximum atomic E-state index is 10.00. The fourth-order valence-corrected chi connectivity index (χ4v) is 7.33. The summed E-state index contributed by atoms with van der Waals surface area (Å²) in [4.78, 5) is 0. The molecule has 6 rings (SSSR count). The van der Waals surface area contributed by atoms with E-state index >= 15 is 0 Å². The van der Waals surface area contributed by atoms with Crippen molar-refractivity contribution in [3.8, 4) is 0 Å². The highest BCUT2D eigenvalue weighted by Crippen LogP contribution is 2.36. The van der Waals surface area contributed by atoms with Gasteiger partial charge in [0.15, 0.2) is 31.5 Å². The number of rotatable bonds is 10. The summed E-state index contributed by atoms with van der Waals surface area (Å²) in [6.07, 6.45) is -41.3. The Bertz CT molecular complexity index is 1420. The fourth-order valence-electron chi connectivity index (χ4n) is 7.33. The average Bonchev–Trinajstić information content (AvgIpc) is 3.58. The van der Waals surface area contributed by atoms with Crippen molar-refractivity contribution in [1.29, 1.82) is 0 Å². The van der Waals surface area contributed by atoms with Gasteiger partial charge in [-0.25, -0.2) is 0 Å². The Labute approximate surface area is 389 Å². The van der Waals surface area contributed by atoms with Crippen LogP contribution in [0.15, 0.2) is 0 Å². The van der Waals surface area contributed by atoms with Crippen LogP contribution >= 0.6 is 0 Å². The molecule has 29 atom stereocenters. The molecule has 410 valence electrons. The van der Waals surface area contributed by atoms with E-state index in [1.54, 1.807) is 6.92 Å². The Morgan fingerprint density at radius 2 is 0.725 bits per heavy atom. The van der Waals surface area contributed by atoms with Gasteiger partial charge in [0.2, 0.25) is 5.79 Å². The highest BCUT2D eigenvalue weighted by atomic mass is 16.8. The summed E-state index contributed by atoms with van der Waals surface area (Å²) in [5.74, 6) is -2.22. The van der Waals surface area contributed by atoms with E-state index in [2.05, 4.69) is 4.74 Å². The molecule has 6 heterocycles. The molecule has 33 heteroatoms. The summed E-state index contributed by atoms with van der Waals surface area (Å²) in [5, 5.41) is 234. The average molecular weight is 1030 g/mol. The molecule has 0 spiro atoms. The third-order valence-corrected chi connectivity index (χ3v) is 11.7. The topological polar surface area (TPSA) is 580 Å². The summed E-state index contributed by atoms with van der Waals surface area (Å²) in [6, 6.07) is 0. The van der Waals surface area contributed by atoms with Crippen LogP contribution in [0.4, 0.5) is 0 Å². The van der Waals surface area contributed by atoms with Gasteiger partial charge >= 0.3 is 0 Å². The van der Waals surface area contributed by atoms with Gasteiger partial charge in [-0.05, 0) is 6.92 Å². The second-order valence-corrected chi connectivity index (χ2v) is 16.5. The summed E-state index contributed by atoms with van der Waals surface area (Å²) in [6.45, 7) is -2.33. The van der Waals surface area contributed by atoms with E-state index in [-0.39, 0.29) is 6.61 Å². The van der Waals surface area contributed by atoms with Crippen molar-refractivity contribution in [2.45, 2.75) is 185 Å². The first-order valence-electron chi connectivity index (χ1n) is 21.1. The van der Waals surface area contributed by atoms with Crippen LogP contribution in [0.2, 0.25) is 0 Å². The van der Waals surface area contributed by atoms with E-state index in [9.17, 15) is 86.8 Å². The predicted octanol–water partition coefficient (Wildman–Crippen LogP) is -16.2. The van der Waals surface area contributed by atoms with Gasteiger partial charge in [-0.1, -0.05) is 0 Å². The SMILES string of the molecule is CC1O[C@H](CO)[C@@H](O)[C@H](O)[C@H]1O.OC[C@H]1OC(CO)(O[C@H]2O[C@H](CO)[C@@H](O)[C@H](O)[C@H]2O)[C@@H](O)[C@@H]1O.OC[C@H]1O[C@@H](O)[C@H](O)[C@H](O)[C@@H]1OC1OC(O)C(O)C(O)C1O.OC[C@H]1O[C@H](O)[C@H](O)[C@@H](O)[C@@H]1O. The van der Waals surface area contributed by atoms with Gasteiger partial charge in [-0.2, -0.15) is 0 Å². The number of ether oxygens (including phenoxy) is 8. The standard InChI is InChI=1S/C12H22O11.C11H20O11.C7H14O5.C6H12O6/c13-1-4-6(16)8(18)9(19)11(21-4)23-12(3-15)10(20)7(17)5(2-14)22-12;12-1-2-8(4(14)6(16)9(18)20-2)21-11-7(17)3(13)5(15)10(19)22-11;1-3-5(9)7(11)6(10)4(2-8)12-3;7-1-2-3(8)4(9)5(10)6(11)12-2/h4-11,13-20H,1-3H2;2-19H,1H2;3-11H,2H2,1H3;2-11H,1H2/t4-,5-,6-,7-,8+,9-,10+,11-,12?;2-,3?,4+,5?,6-,7?,8-,9-,10?,11?;3?,4-,5+,6-,7-;2-,3-,4+,5-,6+/m1111/s1. The minimum absolute atomic E-state index is 0.366. The second kappa shape index (κ2) is 27.3. The van der Waals surface area contributed by atoms with Crippen LogP contribution in [0.3, 0.4) is 0 Å². The molecule has 6 aliphatic heterocycles. The minimum atomic E-state index is -2.22. The maximum absolute atomic E-state index is 10.00. The van der Waals surface area contributed by atoms with E-state index in [0.717, 1.165) is 0 Å². The monoisotopic (exact) mass is 1030 g/mol. The Hall–Kier alpha value is -1.32. The molecule has 6 fully saturated rings. The van der Waals surface area contributed by atoms with Crippen LogP contribution < -0.4 is 0 Å². The second-order valence-electron chi connectivity index (χ2n) is 16.5. The molecule has 0 aromatic heterocycles. The van der Waals surface area contributed by atoms with Crippen LogP contribution in [-0.2, 0) is 37.9 Å². The first-order chi connectivity index (χ1) is 32.2. The van der Waals surface area contributed by atoms with E-state index in [4.69, 9.17) is 74.0 Å². The van der Waals surface area contributed by atoms with E-state index in [1.807, 2.05) is 0 Å². The molecule has 25 N–H and O–H groups in total. The molecule has 0 bridgehead atoms. The lowest BCUT2D eigenvalue weighted by Crippen LogP contribution is -2.64. The summed E-state index contributed by atoms with van der Waals surface area (Å²) in [7, 11) is 0. The van der Waals surface area contributed by atoms with Gasteiger partial charge in [0, 0.05) is 0 Å². The molecule has 0 saturated carbocycles. The number of aliphatic hydroxyl groups is 25. The number of hydrogen-bond donors (Lipinski definition) is 25. The van der Waals surface area contributed by atoms with Gasteiger partial charge in [-0.15, -0.1) is 0 Å². The first-order valence-corrected chi connectivity index (χ1v) is 21.1. The molecular formula is C36H68O33. The van der Waals surface area contributed by atoms with Crippen LogP contribution in [0.5, 0.6) is 0 Å². The van der Waals surface area contributed by atoms with Crippen molar-refractivity contribution in [1.82, 2.24) is 0 Å². The number of hydrogen-bond acceptors (Lipinski definition) is 33. The molecule has 0 aromatic rings. The maximum Gasteiger partial charge on any atom is 0.224 e. The van der Waals surface area contributed by atoms with Crippen LogP contribution in [0.1, 0.15) is 6.92 Å². The predicted molar refractivity (Wildman–Crippen MR) is 208 cm³/mol. The number of aliphatic hydroxyl groups excluding tert-OH is 25. The molecule has 6 saturated heterocycles. The van der Waals surface area contributed by atoms with Gasteiger partial charge in [0.1, 0.15) is 141 Å². The molecule has 7 unspecified atom stereocenters. The lowest BCUT2D eigenvalue weighted by molar-refractivity contribution is -0.383.